The van der Waals surface area contributed by atoms with Crippen molar-refractivity contribution in [1.29, 1.82) is 0 Å². The van der Waals surface area contributed by atoms with E-state index in [1.165, 1.54) is 5.56 Å². The first kappa shape index (κ1) is 19.0. The third kappa shape index (κ3) is 4.00. The number of aromatic hydroxyl groups is 1. The quantitative estimate of drug-likeness (QED) is 0.784. The molecule has 0 heterocycles. The molecule has 0 aromatic heterocycles. The van der Waals surface area contributed by atoms with Crippen molar-refractivity contribution in [3.8, 4) is 5.75 Å². The number of halogens is 1. The van der Waals surface area contributed by atoms with Crippen LogP contribution >= 0.6 is 12.4 Å². The van der Waals surface area contributed by atoms with Crippen molar-refractivity contribution in [1.82, 2.24) is 0 Å². The lowest BCUT2D eigenvalue weighted by Gasteiger charge is -2.28. The first-order chi connectivity index (χ1) is 8.48. The Hall–Kier alpha value is -0.990. The molecular weight excluding hydrogens is 270 g/mol. The van der Waals surface area contributed by atoms with Crippen LogP contribution in [0.2, 0.25) is 0 Å². The summed E-state index contributed by atoms with van der Waals surface area (Å²) in [5.41, 5.74) is 8.81. The predicted molar refractivity (Wildman–Crippen MR) is 89.9 cm³/mol. The molecule has 1 aromatic carbocycles. The van der Waals surface area contributed by atoms with Gasteiger partial charge in [-0.1, -0.05) is 53.7 Å². The van der Waals surface area contributed by atoms with Crippen molar-refractivity contribution in [2.45, 2.75) is 58.4 Å². The maximum absolute atomic E-state index is 10.5. The number of phenolic OH excluding ortho intramolecular Hbond substituents is 1. The lowest BCUT2D eigenvalue weighted by molar-refractivity contribution is 0.436. The molecule has 1 rings (SSSR count). The van der Waals surface area contributed by atoms with Gasteiger partial charge in [0.2, 0.25) is 0 Å². The van der Waals surface area contributed by atoms with E-state index in [1.807, 2.05) is 6.07 Å². The molecular formula is C17H28ClNO. The van der Waals surface area contributed by atoms with E-state index in [4.69, 9.17) is 5.73 Å². The molecule has 1 atom stereocenters. The van der Waals surface area contributed by atoms with Gasteiger partial charge in [0.25, 0.3) is 0 Å². The molecule has 0 aliphatic heterocycles. The summed E-state index contributed by atoms with van der Waals surface area (Å²) in [6, 6.07) is 3.74. The van der Waals surface area contributed by atoms with Crippen molar-refractivity contribution in [3.63, 3.8) is 0 Å². The van der Waals surface area contributed by atoms with E-state index in [0.29, 0.717) is 5.75 Å². The molecule has 3 heteroatoms. The zero-order valence-corrected chi connectivity index (χ0v) is 14.3. The highest BCUT2D eigenvalue weighted by atomic mass is 35.5. The van der Waals surface area contributed by atoms with Gasteiger partial charge < -0.3 is 10.8 Å². The van der Waals surface area contributed by atoms with Crippen molar-refractivity contribution in [3.05, 3.63) is 41.5 Å². The fourth-order valence-corrected chi connectivity index (χ4v) is 2.04. The molecule has 0 fully saturated rings. The fraction of sp³-hybridized carbons (Fsp3) is 0.529. The molecule has 0 aliphatic carbocycles. The number of hydrogen-bond donors (Lipinski definition) is 2. The molecule has 0 saturated carbocycles. The Labute approximate surface area is 129 Å². The van der Waals surface area contributed by atoms with E-state index >= 15 is 0 Å². The number of nitrogens with two attached hydrogens (primary N) is 1. The number of benzene rings is 1. The molecule has 0 saturated heterocycles. The van der Waals surface area contributed by atoms with Crippen LogP contribution in [0.1, 0.15) is 64.3 Å². The van der Waals surface area contributed by atoms with E-state index in [-0.39, 0.29) is 29.3 Å². The minimum atomic E-state index is -0.344. The van der Waals surface area contributed by atoms with Crippen LogP contribution in [0, 0.1) is 0 Å². The number of hydrogen-bond acceptors (Lipinski definition) is 2. The second-order valence-corrected chi connectivity index (χ2v) is 7.22. The molecule has 0 unspecified atom stereocenters. The third-order valence-electron chi connectivity index (χ3n) is 3.43. The van der Waals surface area contributed by atoms with Crippen LogP contribution in [0.5, 0.6) is 5.75 Å². The lowest BCUT2D eigenvalue weighted by Crippen LogP contribution is -2.19. The van der Waals surface area contributed by atoms with Crippen LogP contribution in [0.4, 0.5) is 0 Å². The second kappa shape index (κ2) is 6.19. The van der Waals surface area contributed by atoms with Crippen LogP contribution in [0.15, 0.2) is 24.8 Å². The zero-order chi connectivity index (χ0) is 15.0. The van der Waals surface area contributed by atoms with Gasteiger partial charge in [-0.15, -0.1) is 19.0 Å². The first-order valence-electron chi connectivity index (χ1n) is 6.74. The third-order valence-corrected chi connectivity index (χ3v) is 3.43. The first-order valence-corrected chi connectivity index (χ1v) is 6.74. The molecule has 0 bridgehead atoms. The van der Waals surface area contributed by atoms with Gasteiger partial charge in [-0.25, -0.2) is 0 Å². The Morgan fingerprint density at radius 1 is 1.10 bits per heavy atom. The summed E-state index contributed by atoms with van der Waals surface area (Å²) in [5.74, 6) is 0.299. The van der Waals surface area contributed by atoms with E-state index in [9.17, 15) is 5.11 Å². The molecule has 114 valence electrons. The predicted octanol–water partition coefficient (Wildman–Crippen LogP) is 4.59. The maximum atomic E-state index is 10.5. The van der Waals surface area contributed by atoms with E-state index in [0.717, 1.165) is 11.1 Å². The summed E-state index contributed by atoms with van der Waals surface area (Å²) in [4.78, 5) is 0. The SMILES string of the molecule is C=C[C@H](N)c1cc(C(C)(C)C)cc(C(C)(C)C)c1O.Cl. The van der Waals surface area contributed by atoms with Crippen molar-refractivity contribution < 1.29 is 5.11 Å². The van der Waals surface area contributed by atoms with Gasteiger partial charge in [-0.2, -0.15) is 0 Å². The van der Waals surface area contributed by atoms with Crippen LogP contribution in [0.3, 0.4) is 0 Å². The second-order valence-electron chi connectivity index (χ2n) is 7.22. The lowest BCUT2D eigenvalue weighted by atomic mass is 9.78. The van der Waals surface area contributed by atoms with E-state index in [2.05, 4.69) is 54.2 Å². The molecule has 3 N–H and O–H groups in total. The minimum Gasteiger partial charge on any atom is -0.507 e. The van der Waals surface area contributed by atoms with Gasteiger partial charge in [0.1, 0.15) is 5.75 Å². The van der Waals surface area contributed by atoms with Gasteiger partial charge in [-0.3, -0.25) is 0 Å². The Kier molecular flexibility index (Phi) is 5.89. The topological polar surface area (TPSA) is 46.2 Å². The van der Waals surface area contributed by atoms with Crippen LogP contribution in [0.25, 0.3) is 0 Å². The molecule has 0 aliphatic rings. The smallest absolute Gasteiger partial charge is 0.124 e. The Bertz CT molecular complexity index is 481. The standard InChI is InChI=1S/C17H27NO.ClH/c1-8-14(18)12-9-11(16(2,3)4)10-13(15(12)19)17(5,6)7;/h8-10,14,19H,1,18H2,2-7H3;1H/t14-;/m0./s1. The molecule has 1 aromatic rings. The van der Waals surface area contributed by atoms with Gasteiger partial charge in [0.15, 0.2) is 0 Å². The summed E-state index contributed by atoms with van der Waals surface area (Å²) in [7, 11) is 0. The average Bonchev–Trinajstić information content (AvgIpc) is 2.25. The Morgan fingerprint density at radius 3 is 1.95 bits per heavy atom. The van der Waals surface area contributed by atoms with Crippen molar-refractivity contribution >= 4 is 12.4 Å². The van der Waals surface area contributed by atoms with Crippen molar-refractivity contribution in [2.75, 3.05) is 0 Å². The van der Waals surface area contributed by atoms with Crippen LogP contribution in [-0.4, -0.2) is 5.11 Å². The highest BCUT2D eigenvalue weighted by Gasteiger charge is 2.25. The summed E-state index contributed by atoms with van der Waals surface area (Å²) >= 11 is 0. The summed E-state index contributed by atoms with van der Waals surface area (Å²) in [5, 5.41) is 10.5. The van der Waals surface area contributed by atoms with Gasteiger partial charge in [0, 0.05) is 5.56 Å². The van der Waals surface area contributed by atoms with E-state index in [1.54, 1.807) is 6.08 Å². The molecule has 0 amide bonds. The monoisotopic (exact) mass is 297 g/mol. The highest BCUT2D eigenvalue weighted by Crippen LogP contribution is 2.39. The van der Waals surface area contributed by atoms with E-state index < -0.39 is 0 Å². The largest absolute Gasteiger partial charge is 0.507 e. The molecule has 2 nitrogen and oxygen atoms in total. The fourth-order valence-electron chi connectivity index (χ4n) is 2.04. The summed E-state index contributed by atoms with van der Waals surface area (Å²) in [6.45, 7) is 16.5. The van der Waals surface area contributed by atoms with Crippen LogP contribution < -0.4 is 5.73 Å². The minimum absolute atomic E-state index is 0. The zero-order valence-electron chi connectivity index (χ0n) is 13.4. The summed E-state index contributed by atoms with van der Waals surface area (Å²) in [6.07, 6.45) is 1.66. The Balaban J connectivity index is 0.00000361. The number of rotatable bonds is 2. The van der Waals surface area contributed by atoms with Crippen molar-refractivity contribution in [2.24, 2.45) is 5.73 Å². The molecule has 20 heavy (non-hydrogen) atoms. The van der Waals surface area contributed by atoms with Gasteiger partial charge in [0.05, 0.1) is 6.04 Å². The summed E-state index contributed by atoms with van der Waals surface area (Å²) < 4.78 is 0. The van der Waals surface area contributed by atoms with Gasteiger partial charge >= 0.3 is 0 Å². The average molecular weight is 298 g/mol. The molecule has 0 radical (unpaired) electrons. The molecule has 0 spiro atoms. The maximum Gasteiger partial charge on any atom is 0.124 e. The number of phenols is 1. The Morgan fingerprint density at radius 2 is 1.60 bits per heavy atom. The van der Waals surface area contributed by atoms with Gasteiger partial charge in [-0.05, 0) is 28.0 Å². The van der Waals surface area contributed by atoms with Crippen LogP contribution in [-0.2, 0) is 10.8 Å². The highest BCUT2D eigenvalue weighted by molar-refractivity contribution is 5.85. The normalized spacial score (nSPS) is 13.6.